The van der Waals surface area contributed by atoms with E-state index in [1.807, 2.05) is 0 Å². The molecule has 0 saturated carbocycles. The lowest BCUT2D eigenvalue weighted by atomic mass is 10.0. The van der Waals surface area contributed by atoms with Crippen LogP contribution >= 0.6 is 0 Å². The van der Waals surface area contributed by atoms with Gasteiger partial charge in [0.25, 0.3) is 0 Å². The first kappa shape index (κ1) is 19.3. The third kappa shape index (κ3) is 3.21. The minimum absolute atomic E-state index is 0.0394. The van der Waals surface area contributed by atoms with Crippen LogP contribution in [0, 0.1) is 0 Å². The Labute approximate surface area is 147 Å². The quantitative estimate of drug-likeness (QED) is 0.264. The molecule has 0 saturated heterocycles. The second-order valence-electron chi connectivity index (χ2n) is 5.94. The fourth-order valence-electron chi connectivity index (χ4n) is 2.44. The number of benzene rings is 1. The molecule has 2 rings (SSSR count). The molecule has 0 aliphatic carbocycles. The number of phenolic OH excluding ortho intramolecular Hbond substituents is 5. The third-order valence-corrected chi connectivity index (χ3v) is 3.83. The van der Waals surface area contributed by atoms with Crippen molar-refractivity contribution in [3.8, 4) is 34.5 Å². The zero-order valence-electron chi connectivity index (χ0n) is 14.4. The topological polar surface area (TPSA) is 172 Å². The number of aromatic hydroxyl groups is 6. The van der Waals surface area contributed by atoms with E-state index in [9.17, 15) is 35.4 Å². The van der Waals surface area contributed by atoms with Gasteiger partial charge in [0.2, 0.25) is 23.0 Å². The molecule has 1 atom stereocenters. The summed E-state index contributed by atoms with van der Waals surface area (Å²) in [5.41, 5.74) is -1.53. The monoisotopic (exact) mass is 371 g/mol. The molecule has 1 aromatic carbocycles. The highest BCUT2D eigenvalue weighted by Gasteiger charge is 2.34. The van der Waals surface area contributed by atoms with Crippen LogP contribution in [-0.2, 0) is 11.8 Å². The first-order valence-corrected chi connectivity index (χ1v) is 7.50. The summed E-state index contributed by atoms with van der Waals surface area (Å²) in [6.07, 6.45) is -1.45. The predicted octanol–water partition coefficient (Wildman–Crippen LogP) is -0.385. The molecule has 0 aliphatic heterocycles. The summed E-state index contributed by atoms with van der Waals surface area (Å²) in [6, 6.07) is 0. The zero-order valence-corrected chi connectivity index (χ0v) is 14.4. The Morgan fingerprint density at radius 1 is 0.962 bits per heavy atom. The first-order valence-electron chi connectivity index (χ1n) is 7.50. The molecule has 1 unspecified atom stereocenters. The Morgan fingerprint density at radius 2 is 1.46 bits per heavy atom. The van der Waals surface area contributed by atoms with Gasteiger partial charge in [-0.2, -0.15) is 0 Å². The Bertz CT molecular complexity index is 842. The molecule has 0 aliphatic rings. The van der Waals surface area contributed by atoms with Gasteiger partial charge in [-0.3, -0.25) is 14.6 Å². The van der Waals surface area contributed by atoms with Crippen molar-refractivity contribution in [3.63, 3.8) is 0 Å². The molecule has 144 valence electrons. The molecular formula is C15H21N3O8. The lowest BCUT2D eigenvalue weighted by Gasteiger charge is -2.23. The van der Waals surface area contributed by atoms with Gasteiger partial charge in [0.05, 0.1) is 12.2 Å². The molecule has 11 nitrogen and oxygen atoms in total. The van der Waals surface area contributed by atoms with Crippen molar-refractivity contribution in [2.45, 2.75) is 6.10 Å². The summed E-state index contributed by atoms with van der Waals surface area (Å²) in [6.45, 7) is 0.449. The van der Waals surface area contributed by atoms with Crippen molar-refractivity contribution < 1.29 is 35.4 Å². The van der Waals surface area contributed by atoms with Crippen molar-refractivity contribution in [2.24, 2.45) is 7.05 Å². The van der Waals surface area contributed by atoms with E-state index in [-0.39, 0.29) is 12.3 Å². The standard InChI is InChI=1S/C15H21N3O8/c1-17(2)4-5-26-14(7-10(21)15(25)16-18(7)3)6-8(19)11(22)13(24)12(23)9(6)20/h14,19-24H,4-5H2,1-3H3,(H,16,25). The van der Waals surface area contributed by atoms with Crippen molar-refractivity contribution in [1.82, 2.24) is 14.7 Å². The van der Waals surface area contributed by atoms with Crippen LogP contribution in [0.25, 0.3) is 0 Å². The Morgan fingerprint density at radius 3 is 1.88 bits per heavy atom. The minimum atomic E-state index is -1.45. The molecule has 0 radical (unpaired) electrons. The number of nitrogens with zero attached hydrogens (tertiary/aromatic N) is 2. The number of phenols is 5. The van der Waals surface area contributed by atoms with Gasteiger partial charge in [-0.15, -0.1) is 0 Å². The number of H-pyrrole nitrogens is 1. The minimum Gasteiger partial charge on any atom is -0.504 e. The number of aromatic nitrogens is 2. The summed E-state index contributed by atoms with van der Waals surface area (Å²) < 4.78 is 6.72. The third-order valence-electron chi connectivity index (χ3n) is 3.83. The van der Waals surface area contributed by atoms with E-state index < -0.39 is 51.7 Å². The van der Waals surface area contributed by atoms with Crippen molar-refractivity contribution in [2.75, 3.05) is 27.2 Å². The maximum absolute atomic E-state index is 11.7. The average Bonchev–Trinajstić information content (AvgIpc) is 2.82. The maximum Gasteiger partial charge on any atom is 0.306 e. The molecule has 0 amide bonds. The molecule has 7 N–H and O–H groups in total. The van der Waals surface area contributed by atoms with Crippen LogP contribution in [-0.4, -0.2) is 72.6 Å². The Balaban J connectivity index is 2.68. The predicted molar refractivity (Wildman–Crippen MR) is 88.8 cm³/mol. The molecule has 0 fully saturated rings. The van der Waals surface area contributed by atoms with Crippen molar-refractivity contribution in [1.29, 1.82) is 0 Å². The highest BCUT2D eigenvalue weighted by molar-refractivity contribution is 5.69. The van der Waals surface area contributed by atoms with E-state index in [1.165, 1.54) is 7.05 Å². The van der Waals surface area contributed by atoms with Crippen LogP contribution in [0.4, 0.5) is 0 Å². The lowest BCUT2D eigenvalue weighted by molar-refractivity contribution is 0.0587. The number of rotatable bonds is 6. The van der Waals surface area contributed by atoms with Gasteiger partial charge in [0.15, 0.2) is 11.5 Å². The number of nitrogens with one attached hydrogen (secondary N) is 1. The number of likely N-dealkylation sites (N-methyl/N-ethyl adjacent to an activating group) is 1. The summed E-state index contributed by atoms with van der Waals surface area (Å²) >= 11 is 0. The van der Waals surface area contributed by atoms with Crippen LogP contribution in [0.3, 0.4) is 0 Å². The fraction of sp³-hybridized carbons (Fsp3) is 0.400. The second-order valence-corrected chi connectivity index (χ2v) is 5.94. The van der Waals surface area contributed by atoms with E-state index >= 15 is 0 Å². The summed E-state index contributed by atoms with van der Waals surface area (Å²) in [4.78, 5) is 13.5. The SMILES string of the molecule is CN(C)CCOC(c1c(O)c(O)c(O)c(O)c1O)c1c(O)c(=O)[nH]n1C. The molecule has 0 spiro atoms. The second kappa shape index (κ2) is 7.06. The Kier molecular flexibility index (Phi) is 5.23. The highest BCUT2D eigenvalue weighted by Crippen LogP contribution is 2.54. The van der Waals surface area contributed by atoms with Crippen LogP contribution in [0.2, 0.25) is 0 Å². The van der Waals surface area contributed by atoms with Gasteiger partial charge in [0, 0.05) is 13.6 Å². The Hall–Kier alpha value is -3.05. The normalized spacial score (nSPS) is 12.6. The molecular weight excluding hydrogens is 350 g/mol. The zero-order chi connectivity index (χ0) is 19.8. The molecule has 1 heterocycles. The van der Waals surface area contributed by atoms with Gasteiger partial charge in [-0.05, 0) is 14.1 Å². The number of aryl methyl sites for hydroxylation is 1. The molecule has 0 bridgehead atoms. The smallest absolute Gasteiger partial charge is 0.306 e. The van der Waals surface area contributed by atoms with Gasteiger partial charge in [0.1, 0.15) is 11.8 Å². The fourth-order valence-corrected chi connectivity index (χ4v) is 2.44. The number of hydrogen-bond donors (Lipinski definition) is 7. The van der Waals surface area contributed by atoms with E-state index in [0.29, 0.717) is 6.54 Å². The summed E-state index contributed by atoms with van der Waals surface area (Å²) in [5, 5.41) is 61.7. The summed E-state index contributed by atoms with van der Waals surface area (Å²) in [7, 11) is 4.93. The van der Waals surface area contributed by atoms with Gasteiger partial charge in [-0.1, -0.05) is 0 Å². The van der Waals surface area contributed by atoms with Gasteiger partial charge < -0.3 is 40.3 Å². The molecule has 26 heavy (non-hydrogen) atoms. The van der Waals surface area contributed by atoms with Crippen molar-refractivity contribution in [3.05, 3.63) is 21.6 Å². The lowest BCUT2D eigenvalue weighted by Crippen LogP contribution is -2.21. The van der Waals surface area contributed by atoms with E-state index in [1.54, 1.807) is 19.0 Å². The first-order chi connectivity index (χ1) is 12.1. The van der Waals surface area contributed by atoms with E-state index in [2.05, 4.69) is 5.10 Å². The van der Waals surface area contributed by atoms with E-state index in [0.717, 1.165) is 4.68 Å². The van der Waals surface area contributed by atoms with Gasteiger partial charge in [-0.25, -0.2) is 0 Å². The molecule has 2 aromatic rings. The van der Waals surface area contributed by atoms with Crippen LogP contribution < -0.4 is 5.56 Å². The molecule has 1 aromatic heterocycles. The largest absolute Gasteiger partial charge is 0.504 e. The highest BCUT2D eigenvalue weighted by atomic mass is 16.5. The van der Waals surface area contributed by atoms with Crippen LogP contribution in [0.15, 0.2) is 4.79 Å². The number of ether oxygens (including phenoxy) is 1. The number of hydrogen-bond acceptors (Lipinski definition) is 9. The average molecular weight is 371 g/mol. The van der Waals surface area contributed by atoms with Crippen LogP contribution in [0.5, 0.6) is 34.5 Å². The summed E-state index contributed by atoms with van der Waals surface area (Å²) in [5.74, 6) is -5.97. The number of aromatic amines is 1. The van der Waals surface area contributed by atoms with Gasteiger partial charge >= 0.3 is 5.56 Å². The van der Waals surface area contributed by atoms with E-state index in [4.69, 9.17) is 4.74 Å². The van der Waals surface area contributed by atoms with Crippen molar-refractivity contribution >= 4 is 0 Å². The maximum atomic E-state index is 11.7. The van der Waals surface area contributed by atoms with Crippen LogP contribution in [0.1, 0.15) is 17.4 Å². The molecule has 11 heteroatoms.